The van der Waals surface area contributed by atoms with E-state index in [9.17, 15) is 5.11 Å². The molecule has 0 aliphatic carbocycles. The second-order valence-electron chi connectivity index (χ2n) is 4.51. The summed E-state index contributed by atoms with van der Waals surface area (Å²) in [5.41, 5.74) is 5.49. The molecule has 0 radical (unpaired) electrons. The molecule has 0 aliphatic rings. The van der Waals surface area contributed by atoms with Crippen LogP contribution in [0.25, 0.3) is 5.69 Å². The van der Waals surface area contributed by atoms with Crippen molar-refractivity contribution in [3.63, 3.8) is 0 Å². The molecule has 0 spiro atoms. The molecule has 0 atom stereocenters. The Labute approximate surface area is 108 Å². The number of nitrogens with zero attached hydrogens (tertiary/aromatic N) is 2. The predicted molar refractivity (Wildman–Crippen MR) is 73.0 cm³/mol. The third-order valence-corrected chi connectivity index (χ3v) is 3.30. The number of hydrogen-bond donors (Lipinski definition) is 1. The second-order valence-corrected chi connectivity index (χ2v) is 4.51. The Balaban J connectivity index is 2.47. The van der Waals surface area contributed by atoms with Crippen LogP contribution in [0.1, 0.15) is 36.4 Å². The summed E-state index contributed by atoms with van der Waals surface area (Å²) in [6.45, 7) is 6.37. The molecule has 0 aliphatic heterocycles. The van der Waals surface area contributed by atoms with Crippen LogP contribution in [0.4, 0.5) is 0 Å². The van der Waals surface area contributed by atoms with Crippen molar-refractivity contribution in [1.29, 1.82) is 0 Å². The maximum Gasteiger partial charge on any atom is 0.0684 e. The van der Waals surface area contributed by atoms with Gasteiger partial charge in [-0.3, -0.25) is 0 Å². The van der Waals surface area contributed by atoms with E-state index in [1.165, 1.54) is 5.69 Å². The van der Waals surface area contributed by atoms with E-state index >= 15 is 0 Å². The molecule has 2 aromatic rings. The van der Waals surface area contributed by atoms with E-state index in [1.54, 1.807) is 0 Å². The van der Waals surface area contributed by atoms with Crippen LogP contribution in [0.15, 0.2) is 24.3 Å². The average molecular weight is 244 g/mol. The summed E-state index contributed by atoms with van der Waals surface area (Å²) in [7, 11) is 0. The van der Waals surface area contributed by atoms with Gasteiger partial charge in [0.15, 0.2) is 0 Å². The van der Waals surface area contributed by atoms with Crippen molar-refractivity contribution in [2.75, 3.05) is 0 Å². The molecule has 0 saturated heterocycles. The van der Waals surface area contributed by atoms with Gasteiger partial charge in [0.25, 0.3) is 0 Å². The summed E-state index contributed by atoms with van der Waals surface area (Å²) in [6, 6.07) is 8.23. The lowest BCUT2D eigenvalue weighted by molar-refractivity contribution is 0.281. The highest BCUT2D eigenvalue weighted by Crippen LogP contribution is 2.18. The van der Waals surface area contributed by atoms with Crippen molar-refractivity contribution >= 4 is 0 Å². The Morgan fingerprint density at radius 1 is 1.17 bits per heavy atom. The Morgan fingerprint density at radius 3 is 2.50 bits per heavy atom. The molecular formula is C15H20N2O. The number of aryl methyl sites for hydroxylation is 3. The van der Waals surface area contributed by atoms with Gasteiger partial charge in [-0.05, 0) is 49.1 Å². The van der Waals surface area contributed by atoms with Gasteiger partial charge in [0, 0.05) is 5.69 Å². The number of hydrogen-bond acceptors (Lipinski definition) is 2. The lowest BCUT2D eigenvalue weighted by Gasteiger charge is -2.09. The monoisotopic (exact) mass is 244 g/mol. The van der Waals surface area contributed by atoms with Crippen LogP contribution in [0.2, 0.25) is 0 Å². The summed E-state index contributed by atoms with van der Waals surface area (Å²) in [5, 5.41) is 13.8. The van der Waals surface area contributed by atoms with Crippen molar-refractivity contribution in [2.24, 2.45) is 0 Å². The summed E-state index contributed by atoms with van der Waals surface area (Å²) >= 11 is 0. The molecule has 1 aromatic carbocycles. The molecule has 3 nitrogen and oxygen atoms in total. The van der Waals surface area contributed by atoms with E-state index in [-0.39, 0.29) is 6.61 Å². The largest absolute Gasteiger partial charge is 0.392 e. The molecule has 0 fully saturated rings. The highest BCUT2D eigenvalue weighted by Gasteiger charge is 2.08. The Kier molecular flexibility index (Phi) is 3.82. The third kappa shape index (κ3) is 2.31. The fourth-order valence-electron chi connectivity index (χ4n) is 2.11. The molecule has 2 rings (SSSR count). The van der Waals surface area contributed by atoms with Gasteiger partial charge in [0.1, 0.15) is 0 Å². The smallest absolute Gasteiger partial charge is 0.0684 e. The first-order valence-electron chi connectivity index (χ1n) is 6.48. The van der Waals surface area contributed by atoms with E-state index in [2.05, 4.69) is 31.1 Å². The minimum absolute atomic E-state index is 0.0894. The highest BCUT2D eigenvalue weighted by atomic mass is 16.3. The predicted octanol–water partition coefficient (Wildman–Crippen LogP) is 2.80. The van der Waals surface area contributed by atoms with Gasteiger partial charge in [-0.15, -0.1) is 0 Å². The van der Waals surface area contributed by atoms with Gasteiger partial charge in [-0.25, -0.2) is 4.68 Å². The zero-order valence-corrected chi connectivity index (χ0v) is 11.3. The Morgan fingerprint density at radius 2 is 1.94 bits per heavy atom. The van der Waals surface area contributed by atoms with Crippen molar-refractivity contribution in [3.05, 3.63) is 46.8 Å². The summed E-state index contributed by atoms with van der Waals surface area (Å²) in [6.07, 6.45) is 1.92. The Hall–Kier alpha value is -1.61. The van der Waals surface area contributed by atoms with Gasteiger partial charge in [-0.2, -0.15) is 5.10 Å². The summed E-state index contributed by atoms with van der Waals surface area (Å²) in [5.74, 6) is 0. The van der Waals surface area contributed by atoms with Crippen LogP contribution < -0.4 is 0 Å². The van der Waals surface area contributed by atoms with Crippen molar-refractivity contribution in [1.82, 2.24) is 9.78 Å². The molecule has 1 N–H and O–H groups in total. The lowest BCUT2D eigenvalue weighted by atomic mass is 10.1. The van der Waals surface area contributed by atoms with Gasteiger partial charge in [0.2, 0.25) is 0 Å². The number of benzene rings is 1. The van der Waals surface area contributed by atoms with Crippen molar-refractivity contribution in [2.45, 2.75) is 40.2 Å². The van der Waals surface area contributed by atoms with Crippen LogP contribution in [0.5, 0.6) is 0 Å². The zero-order valence-electron chi connectivity index (χ0n) is 11.3. The topological polar surface area (TPSA) is 38.0 Å². The number of rotatable bonds is 4. The van der Waals surface area contributed by atoms with Crippen molar-refractivity contribution < 1.29 is 5.11 Å². The minimum Gasteiger partial charge on any atom is -0.392 e. The summed E-state index contributed by atoms with van der Waals surface area (Å²) < 4.78 is 2.01. The molecule has 3 heteroatoms. The van der Waals surface area contributed by atoms with Crippen LogP contribution in [0.3, 0.4) is 0 Å². The lowest BCUT2D eigenvalue weighted by Crippen LogP contribution is -2.03. The van der Waals surface area contributed by atoms with E-state index in [0.717, 1.165) is 35.3 Å². The number of aliphatic hydroxyl groups is 1. The van der Waals surface area contributed by atoms with Crippen LogP contribution in [-0.2, 0) is 19.4 Å². The first-order chi connectivity index (χ1) is 8.69. The highest BCUT2D eigenvalue weighted by molar-refractivity contribution is 5.40. The third-order valence-electron chi connectivity index (χ3n) is 3.30. The fraction of sp³-hybridized carbons (Fsp3) is 0.400. The molecule has 1 heterocycles. The van der Waals surface area contributed by atoms with Gasteiger partial charge >= 0.3 is 0 Å². The second kappa shape index (κ2) is 5.36. The number of aromatic nitrogens is 2. The summed E-state index contributed by atoms with van der Waals surface area (Å²) in [4.78, 5) is 0. The zero-order chi connectivity index (χ0) is 13.1. The van der Waals surface area contributed by atoms with Crippen LogP contribution in [-0.4, -0.2) is 14.9 Å². The molecule has 0 bridgehead atoms. The minimum atomic E-state index is 0.0894. The number of aliphatic hydroxyl groups excluding tert-OH is 1. The van der Waals surface area contributed by atoms with Crippen LogP contribution >= 0.6 is 0 Å². The Bertz CT molecular complexity index is 543. The molecule has 0 saturated carbocycles. The first kappa shape index (κ1) is 12.8. The molecule has 1 aromatic heterocycles. The van der Waals surface area contributed by atoms with E-state index in [0.29, 0.717) is 0 Å². The average Bonchev–Trinajstić information content (AvgIpc) is 2.82. The molecule has 0 amide bonds. The fourth-order valence-corrected chi connectivity index (χ4v) is 2.11. The van der Waals surface area contributed by atoms with Gasteiger partial charge in [0.05, 0.1) is 18.0 Å². The van der Waals surface area contributed by atoms with Crippen LogP contribution in [0, 0.1) is 6.92 Å². The standard InChI is InChI=1S/C15H20N2O/c1-4-13-9-14(5-2)17(16-13)15-7-6-12(10-18)11(3)8-15/h6-9,18H,4-5,10H2,1-3H3. The van der Waals surface area contributed by atoms with E-state index < -0.39 is 0 Å². The normalized spacial score (nSPS) is 10.9. The molecular weight excluding hydrogens is 224 g/mol. The molecule has 18 heavy (non-hydrogen) atoms. The van der Waals surface area contributed by atoms with E-state index in [4.69, 9.17) is 0 Å². The van der Waals surface area contributed by atoms with Gasteiger partial charge in [-0.1, -0.05) is 19.9 Å². The molecule has 0 unspecified atom stereocenters. The maximum absolute atomic E-state index is 9.20. The quantitative estimate of drug-likeness (QED) is 0.898. The first-order valence-corrected chi connectivity index (χ1v) is 6.48. The SMILES string of the molecule is CCc1cc(CC)n(-c2ccc(CO)c(C)c2)n1. The van der Waals surface area contributed by atoms with Gasteiger partial charge < -0.3 is 5.11 Å². The van der Waals surface area contributed by atoms with E-state index in [1.807, 2.05) is 23.7 Å². The van der Waals surface area contributed by atoms with Crippen molar-refractivity contribution in [3.8, 4) is 5.69 Å². The molecule has 96 valence electrons. The maximum atomic E-state index is 9.20.